The second-order valence-corrected chi connectivity index (χ2v) is 8.20. The van der Waals surface area contributed by atoms with E-state index in [1.807, 2.05) is 39.8 Å². The summed E-state index contributed by atoms with van der Waals surface area (Å²) < 4.78 is 18.1. The number of benzene rings is 1. The molecule has 0 bridgehead atoms. The van der Waals surface area contributed by atoms with Crippen LogP contribution >= 0.6 is 0 Å². The van der Waals surface area contributed by atoms with Crippen LogP contribution in [-0.2, 0) is 6.42 Å². The highest BCUT2D eigenvalue weighted by Crippen LogP contribution is 2.52. The normalized spacial score (nSPS) is 25.5. The van der Waals surface area contributed by atoms with Crippen molar-refractivity contribution in [2.24, 2.45) is 5.92 Å². The Morgan fingerprint density at radius 1 is 1.22 bits per heavy atom. The monoisotopic (exact) mass is 370 g/mol. The van der Waals surface area contributed by atoms with Crippen LogP contribution in [0.5, 0.6) is 11.5 Å². The molecule has 0 amide bonds. The summed E-state index contributed by atoms with van der Waals surface area (Å²) in [5.74, 6) is 1.10. The van der Waals surface area contributed by atoms with E-state index in [1.165, 1.54) is 6.07 Å². The molecular formula is C22H26O5. The predicted molar refractivity (Wildman–Crippen MR) is 104 cm³/mol. The molecule has 2 aliphatic heterocycles. The lowest BCUT2D eigenvalue weighted by Crippen LogP contribution is -2.34. The van der Waals surface area contributed by atoms with Crippen molar-refractivity contribution in [3.63, 3.8) is 0 Å². The number of aryl methyl sites for hydroxylation is 1. The molecule has 5 heteroatoms. The zero-order valence-corrected chi connectivity index (χ0v) is 16.5. The third-order valence-corrected chi connectivity index (χ3v) is 5.62. The fourth-order valence-corrected chi connectivity index (χ4v) is 3.98. The Hall–Kier alpha value is -2.27. The lowest BCUT2D eigenvalue weighted by Gasteiger charge is -2.37. The lowest BCUT2D eigenvalue weighted by atomic mass is 9.85. The van der Waals surface area contributed by atoms with Crippen molar-refractivity contribution in [1.82, 2.24) is 0 Å². The lowest BCUT2D eigenvalue weighted by molar-refractivity contribution is 0.0173. The smallest absolute Gasteiger partial charge is 0.336 e. The highest BCUT2D eigenvalue weighted by atomic mass is 16.5. The van der Waals surface area contributed by atoms with Gasteiger partial charge in [0.05, 0.1) is 22.6 Å². The topological polar surface area (TPSA) is 68.9 Å². The van der Waals surface area contributed by atoms with Crippen molar-refractivity contribution < 1.29 is 19.0 Å². The van der Waals surface area contributed by atoms with Crippen molar-refractivity contribution in [2.75, 3.05) is 0 Å². The van der Waals surface area contributed by atoms with Gasteiger partial charge in [-0.05, 0) is 44.9 Å². The van der Waals surface area contributed by atoms with Gasteiger partial charge in [-0.25, -0.2) is 4.79 Å². The molecule has 0 saturated carbocycles. The van der Waals surface area contributed by atoms with Gasteiger partial charge in [-0.15, -0.1) is 0 Å². The molecule has 0 spiro atoms. The molecule has 0 radical (unpaired) electrons. The number of aliphatic hydroxyl groups is 1. The molecule has 27 heavy (non-hydrogen) atoms. The van der Waals surface area contributed by atoms with E-state index in [2.05, 4.69) is 6.92 Å². The van der Waals surface area contributed by atoms with Crippen LogP contribution in [-0.4, -0.2) is 16.8 Å². The molecule has 2 unspecified atom stereocenters. The summed E-state index contributed by atoms with van der Waals surface area (Å²) in [6, 6.07) is 1.54. The fourth-order valence-electron chi connectivity index (χ4n) is 3.98. The Morgan fingerprint density at radius 2 is 1.96 bits per heavy atom. The summed E-state index contributed by atoms with van der Waals surface area (Å²) in [5.41, 5.74) is 1.72. The largest absolute Gasteiger partial charge is 0.489 e. The van der Waals surface area contributed by atoms with Gasteiger partial charge in [0.15, 0.2) is 5.58 Å². The average molecular weight is 370 g/mol. The summed E-state index contributed by atoms with van der Waals surface area (Å²) in [6.45, 7) is 9.91. The second-order valence-electron chi connectivity index (χ2n) is 8.20. The van der Waals surface area contributed by atoms with Gasteiger partial charge in [0, 0.05) is 12.0 Å². The molecular weight excluding hydrogens is 344 g/mol. The molecule has 0 aliphatic carbocycles. The average Bonchev–Trinajstić information content (AvgIpc) is 2.58. The minimum absolute atomic E-state index is 0.121. The molecule has 144 valence electrons. The van der Waals surface area contributed by atoms with Crippen LogP contribution in [0, 0.1) is 5.92 Å². The van der Waals surface area contributed by atoms with Crippen molar-refractivity contribution in [3.8, 4) is 11.5 Å². The zero-order valence-electron chi connectivity index (χ0n) is 16.5. The maximum atomic E-state index is 12.3. The molecule has 2 aromatic rings. The van der Waals surface area contributed by atoms with Gasteiger partial charge in [0.2, 0.25) is 0 Å². The van der Waals surface area contributed by atoms with Crippen LogP contribution in [0.15, 0.2) is 21.4 Å². The van der Waals surface area contributed by atoms with Gasteiger partial charge in [0.25, 0.3) is 0 Å². The van der Waals surface area contributed by atoms with E-state index < -0.39 is 17.3 Å². The van der Waals surface area contributed by atoms with E-state index >= 15 is 0 Å². The highest BCUT2D eigenvalue weighted by molar-refractivity contribution is 5.97. The SMILES string of the molecule is CCCc1cc(=O)oc2c3c(c4c(c12)OC(C)(C)C=C4)O[C@@H](C)C(C)C3O. The van der Waals surface area contributed by atoms with Gasteiger partial charge in [-0.1, -0.05) is 20.3 Å². The Kier molecular flexibility index (Phi) is 4.11. The van der Waals surface area contributed by atoms with E-state index in [0.717, 1.165) is 29.4 Å². The summed E-state index contributed by atoms with van der Waals surface area (Å²) in [6.07, 6.45) is 4.65. The van der Waals surface area contributed by atoms with Gasteiger partial charge >= 0.3 is 5.63 Å². The number of fused-ring (bicyclic) bond motifs is 6. The van der Waals surface area contributed by atoms with E-state index in [4.69, 9.17) is 13.9 Å². The molecule has 3 heterocycles. The van der Waals surface area contributed by atoms with Crippen LogP contribution in [0.2, 0.25) is 0 Å². The molecule has 0 fully saturated rings. The van der Waals surface area contributed by atoms with E-state index in [9.17, 15) is 9.90 Å². The number of rotatable bonds is 2. The van der Waals surface area contributed by atoms with Crippen LogP contribution in [0.4, 0.5) is 0 Å². The van der Waals surface area contributed by atoms with Crippen molar-refractivity contribution >= 4 is 17.0 Å². The standard InChI is InChI=1S/C22H26O5/c1-6-7-13-10-15(23)26-21-16(13)20-14(8-9-22(4,5)27-20)19-17(21)18(24)11(2)12(3)25-19/h8-12,18,24H,6-7H2,1-5H3/t11?,12-,18?/m0/s1. The Labute approximate surface area is 158 Å². The van der Waals surface area contributed by atoms with E-state index in [-0.39, 0.29) is 12.0 Å². The minimum atomic E-state index is -0.778. The molecule has 1 aromatic heterocycles. The highest BCUT2D eigenvalue weighted by Gasteiger charge is 2.39. The first kappa shape index (κ1) is 18.1. The molecule has 5 nitrogen and oxygen atoms in total. The molecule has 1 N–H and O–H groups in total. The number of aliphatic hydroxyl groups excluding tert-OH is 1. The Bertz CT molecular complexity index is 998. The van der Waals surface area contributed by atoms with Crippen molar-refractivity contribution in [2.45, 2.75) is 65.3 Å². The van der Waals surface area contributed by atoms with Crippen molar-refractivity contribution in [1.29, 1.82) is 0 Å². The maximum absolute atomic E-state index is 12.3. The zero-order chi connectivity index (χ0) is 19.5. The van der Waals surface area contributed by atoms with E-state index in [0.29, 0.717) is 22.6 Å². The van der Waals surface area contributed by atoms with E-state index in [1.54, 1.807) is 0 Å². The maximum Gasteiger partial charge on any atom is 0.336 e. The van der Waals surface area contributed by atoms with Crippen LogP contribution < -0.4 is 15.1 Å². The van der Waals surface area contributed by atoms with Gasteiger partial charge < -0.3 is 19.0 Å². The van der Waals surface area contributed by atoms with Crippen molar-refractivity contribution in [3.05, 3.63) is 39.3 Å². The molecule has 2 aliphatic rings. The third-order valence-electron chi connectivity index (χ3n) is 5.62. The molecule has 1 aromatic carbocycles. The van der Waals surface area contributed by atoms with Gasteiger partial charge in [-0.3, -0.25) is 0 Å². The summed E-state index contributed by atoms with van der Waals surface area (Å²) in [7, 11) is 0. The van der Waals surface area contributed by atoms with Gasteiger partial charge in [-0.2, -0.15) is 0 Å². The van der Waals surface area contributed by atoms with Crippen LogP contribution in [0.25, 0.3) is 17.0 Å². The fraction of sp³-hybridized carbons (Fsp3) is 0.500. The first-order valence-electron chi connectivity index (χ1n) is 9.63. The van der Waals surface area contributed by atoms with Gasteiger partial charge in [0.1, 0.15) is 23.2 Å². The first-order valence-corrected chi connectivity index (χ1v) is 9.63. The summed E-state index contributed by atoms with van der Waals surface area (Å²) in [4.78, 5) is 12.3. The second kappa shape index (κ2) is 6.13. The van der Waals surface area contributed by atoms with Crippen LogP contribution in [0.3, 0.4) is 0 Å². The summed E-state index contributed by atoms with van der Waals surface area (Å²) >= 11 is 0. The third kappa shape index (κ3) is 2.76. The van der Waals surface area contributed by atoms with Crippen LogP contribution in [0.1, 0.15) is 63.8 Å². The first-order chi connectivity index (χ1) is 12.7. The minimum Gasteiger partial charge on any atom is -0.489 e. The summed E-state index contributed by atoms with van der Waals surface area (Å²) in [5, 5.41) is 11.8. The Balaban J connectivity index is 2.17. The predicted octanol–water partition coefficient (Wildman–Crippen LogP) is 4.38. The molecule has 0 saturated heterocycles. The Morgan fingerprint density at radius 3 is 2.67 bits per heavy atom. The molecule has 3 atom stereocenters. The number of hydrogen-bond donors (Lipinski definition) is 1. The number of hydrogen-bond acceptors (Lipinski definition) is 5. The number of ether oxygens (including phenoxy) is 2. The molecule has 4 rings (SSSR count). The quantitative estimate of drug-likeness (QED) is 0.795.